The van der Waals surface area contributed by atoms with E-state index in [0.717, 1.165) is 16.8 Å². The molecule has 0 spiro atoms. The van der Waals surface area contributed by atoms with E-state index in [4.69, 9.17) is 5.73 Å². The second-order valence-corrected chi connectivity index (χ2v) is 5.64. The van der Waals surface area contributed by atoms with Gasteiger partial charge in [-0.1, -0.05) is 6.92 Å². The zero-order valence-corrected chi connectivity index (χ0v) is 10.9. The van der Waals surface area contributed by atoms with Crippen LogP contribution in [0.5, 0.6) is 0 Å². The summed E-state index contributed by atoms with van der Waals surface area (Å²) in [7, 11) is 0. The maximum atomic E-state index is 11.7. The van der Waals surface area contributed by atoms with Crippen molar-refractivity contribution in [2.45, 2.75) is 19.9 Å². The van der Waals surface area contributed by atoms with E-state index >= 15 is 0 Å². The van der Waals surface area contributed by atoms with Gasteiger partial charge in [0, 0.05) is 13.0 Å². The van der Waals surface area contributed by atoms with Crippen molar-refractivity contribution in [1.29, 1.82) is 0 Å². The minimum Gasteiger partial charge on any atom is -0.383 e. The van der Waals surface area contributed by atoms with E-state index in [1.165, 1.54) is 0 Å². The number of nitrogen functional groups attached to an aromatic ring is 1. The SMILES string of the molecule is CC1CC(=O)N(Cc2nc(N)c3ccsc3n2)C1. The lowest BCUT2D eigenvalue weighted by Crippen LogP contribution is -2.25. The Morgan fingerprint density at radius 3 is 3.11 bits per heavy atom. The summed E-state index contributed by atoms with van der Waals surface area (Å²) < 4.78 is 0. The molecule has 1 saturated heterocycles. The first-order valence-corrected chi connectivity index (χ1v) is 6.79. The van der Waals surface area contributed by atoms with Gasteiger partial charge in [-0.3, -0.25) is 4.79 Å². The minimum atomic E-state index is 0.177. The third kappa shape index (κ3) is 1.92. The number of carbonyl (C=O) groups excluding carboxylic acids is 1. The molecule has 1 atom stereocenters. The van der Waals surface area contributed by atoms with Crippen LogP contribution in [0.25, 0.3) is 10.2 Å². The second-order valence-electron chi connectivity index (χ2n) is 4.75. The van der Waals surface area contributed by atoms with E-state index in [0.29, 0.717) is 30.5 Å². The number of nitrogens with two attached hydrogens (primary N) is 1. The summed E-state index contributed by atoms with van der Waals surface area (Å²) >= 11 is 1.54. The predicted octanol–water partition coefficient (Wildman–Crippen LogP) is 1.64. The van der Waals surface area contributed by atoms with E-state index in [9.17, 15) is 4.79 Å². The lowest BCUT2D eigenvalue weighted by molar-refractivity contribution is -0.128. The minimum absolute atomic E-state index is 0.177. The van der Waals surface area contributed by atoms with Crippen molar-refractivity contribution in [3.8, 4) is 0 Å². The van der Waals surface area contributed by atoms with Crippen LogP contribution in [0.4, 0.5) is 5.82 Å². The van der Waals surface area contributed by atoms with Gasteiger partial charge in [0.05, 0.1) is 11.9 Å². The van der Waals surface area contributed by atoms with E-state index in [-0.39, 0.29) is 5.91 Å². The summed E-state index contributed by atoms with van der Waals surface area (Å²) in [6.07, 6.45) is 0.622. The molecule has 5 nitrogen and oxygen atoms in total. The van der Waals surface area contributed by atoms with Crippen LogP contribution in [-0.4, -0.2) is 27.3 Å². The molecule has 94 valence electrons. The van der Waals surface area contributed by atoms with Gasteiger partial charge in [-0.2, -0.15) is 0 Å². The molecule has 1 amide bonds. The Morgan fingerprint density at radius 2 is 2.39 bits per heavy atom. The summed E-state index contributed by atoms with van der Waals surface area (Å²) in [5.41, 5.74) is 5.89. The Hall–Kier alpha value is -1.69. The topological polar surface area (TPSA) is 72.1 Å². The third-order valence-corrected chi connectivity index (χ3v) is 3.95. The molecule has 3 heterocycles. The highest BCUT2D eigenvalue weighted by Gasteiger charge is 2.27. The molecule has 1 unspecified atom stereocenters. The van der Waals surface area contributed by atoms with Gasteiger partial charge in [-0.25, -0.2) is 9.97 Å². The fraction of sp³-hybridized carbons (Fsp3) is 0.417. The summed E-state index contributed by atoms with van der Waals surface area (Å²) in [4.78, 5) is 23.1. The molecule has 1 fully saturated rings. The monoisotopic (exact) mass is 262 g/mol. The normalized spacial score (nSPS) is 19.9. The number of anilines is 1. The fourth-order valence-corrected chi connectivity index (χ4v) is 3.08. The van der Waals surface area contributed by atoms with Crippen molar-refractivity contribution < 1.29 is 4.79 Å². The average molecular weight is 262 g/mol. The zero-order chi connectivity index (χ0) is 12.7. The molecule has 2 aromatic rings. The van der Waals surface area contributed by atoms with Crippen molar-refractivity contribution in [2.24, 2.45) is 5.92 Å². The summed E-state index contributed by atoms with van der Waals surface area (Å²) in [6, 6.07) is 1.92. The first kappa shape index (κ1) is 11.4. The molecule has 1 aliphatic rings. The zero-order valence-electron chi connectivity index (χ0n) is 10.1. The van der Waals surface area contributed by atoms with E-state index < -0.39 is 0 Å². The van der Waals surface area contributed by atoms with Gasteiger partial charge in [0.25, 0.3) is 0 Å². The molecule has 2 aromatic heterocycles. The average Bonchev–Trinajstić information content (AvgIpc) is 2.86. The molecular formula is C12H14N4OS. The molecule has 6 heteroatoms. The van der Waals surface area contributed by atoms with Crippen LogP contribution in [-0.2, 0) is 11.3 Å². The Balaban J connectivity index is 1.88. The Kier molecular flexibility index (Phi) is 2.66. The lowest BCUT2D eigenvalue weighted by Gasteiger charge is -2.15. The van der Waals surface area contributed by atoms with Crippen LogP contribution in [0, 0.1) is 5.92 Å². The Labute approximate surface area is 109 Å². The number of nitrogens with zero attached hydrogens (tertiary/aromatic N) is 3. The van der Waals surface area contributed by atoms with Gasteiger partial charge in [-0.05, 0) is 17.4 Å². The maximum Gasteiger partial charge on any atom is 0.223 e. The third-order valence-electron chi connectivity index (χ3n) is 3.14. The fourth-order valence-electron chi connectivity index (χ4n) is 2.29. The highest BCUT2D eigenvalue weighted by atomic mass is 32.1. The number of carbonyl (C=O) groups is 1. The standard InChI is InChI=1S/C12H14N4OS/c1-7-4-10(17)16(5-7)6-9-14-11(13)8-2-3-18-12(8)15-9/h2-3,7H,4-6H2,1H3,(H2,13,14,15). The van der Waals surface area contributed by atoms with Crippen LogP contribution in [0.15, 0.2) is 11.4 Å². The summed E-state index contributed by atoms with van der Waals surface area (Å²) in [5.74, 6) is 1.72. The first-order chi connectivity index (χ1) is 8.63. The number of thiophene rings is 1. The smallest absolute Gasteiger partial charge is 0.223 e. The molecule has 1 aliphatic heterocycles. The summed E-state index contributed by atoms with van der Waals surface area (Å²) in [6.45, 7) is 3.32. The predicted molar refractivity (Wildman–Crippen MR) is 71.0 cm³/mol. The number of hydrogen-bond donors (Lipinski definition) is 1. The van der Waals surface area contributed by atoms with Gasteiger partial charge in [-0.15, -0.1) is 11.3 Å². The number of likely N-dealkylation sites (tertiary alicyclic amines) is 1. The van der Waals surface area contributed by atoms with E-state index in [1.807, 2.05) is 11.4 Å². The number of amides is 1. The van der Waals surface area contributed by atoms with Gasteiger partial charge >= 0.3 is 0 Å². The van der Waals surface area contributed by atoms with E-state index in [1.54, 1.807) is 16.2 Å². The molecule has 0 bridgehead atoms. The largest absolute Gasteiger partial charge is 0.383 e. The number of aromatic nitrogens is 2. The van der Waals surface area contributed by atoms with Crippen molar-refractivity contribution in [3.05, 3.63) is 17.3 Å². The molecule has 18 heavy (non-hydrogen) atoms. The van der Waals surface area contributed by atoms with Gasteiger partial charge in [0.2, 0.25) is 5.91 Å². The van der Waals surface area contributed by atoms with Crippen LogP contribution in [0.2, 0.25) is 0 Å². The van der Waals surface area contributed by atoms with Crippen molar-refractivity contribution in [3.63, 3.8) is 0 Å². The molecule has 0 aromatic carbocycles. The molecule has 0 aliphatic carbocycles. The highest BCUT2D eigenvalue weighted by Crippen LogP contribution is 2.24. The second kappa shape index (κ2) is 4.20. The van der Waals surface area contributed by atoms with Crippen LogP contribution in [0.3, 0.4) is 0 Å². The molecular weight excluding hydrogens is 248 g/mol. The quantitative estimate of drug-likeness (QED) is 0.893. The molecule has 2 N–H and O–H groups in total. The maximum absolute atomic E-state index is 11.7. The van der Waals surface area contributed by atoms with Gasteiger partial charge < -0.3 is 10.6 Å². The Bertz CT molecular complexity index is 609. The number of fused-ring (bicyclic) bond motifs is 1. The van der Waals surface area contributed by atoms with Crippen molar-refractivity contribution in [1.82, 2.24) is 14.9 Å². The molecule has 0 radical (unpaired) electrons. The summed E-state index contributed by atoms with van der Waals surface area (Å²) in [5, 5.41) is 2.84. The van der Waals surface area contributed by atoms with Crippen molar-refractivity contribution in [2.75, 3.05) is 12.3 Å². The highest BCUT2D eigenvalue weighted by molar-refractivity contribution is 7.16. The molecule has 3 rings (SSSR count). The number of rotatable bonds is 2. The van der Waals surface area contributed by atoms with Gasteiger partial charge in [0.15, 0.2) is 5.82 Å². The Morgan fingerprint density at radius 1 is 1.56 bits per heavy atom. The number of hydrogen-bond acceptors (Lipinski definition) is 5. The van der Waals surface area contributed by atoms with Crippen LogP contribution < -0.4 is 5.73 Å². The van der Waals surface area contributed by atoms with E-state index in [2.05, 4.69) is 16.9 Å². The van der Waals surface area contributed by atoms with Gasteiger partial charge in [0.1, 0.15) is 10.6 Å². The van der Waals surface area contributed by atoms with Crippen LogP contribution in [0.1, 0.15) is 19.2 Å². The lowest BCUT2D eigenvalue weighted by atomic mass is 10.2. The van der Waals surface area contributed by atoms with Crippen LogP contribution >= 0.6 is 11.3 Å². The van der Waals surface area contributed by atoms with Crippen molar-refractivity contribution >= 4 is 33.3 Å². The first-order valence-electron chi connectivity index (χ1n) is 5.91. The molecule has 0 saturated carbocycles.